The second-order valence-corrected chi connectivity index (χ2v) is 8.56. The highest BCUT2D eigenvalue weighted by Crippen LogP contribution is 2.39. The Bertz CT molecular complexity index is 1000. The molecule has 1 aliphatic heterocycles. The number of benzene rings is 1. The summed E-state index contributed by atoms with van der Waals surface area (Å²) in [5, 5.41) is 12.5. The molecule has 3 atom stereocenters. The molecule has 8 heteroatoms. The average molecular weight is 425 g/mol. The van der Waals surface area contributed by atoms with Gasteiger partial charge in [-0.3, -0.25) is 14.9 Å². The van der Waals surface area contributed by atoms with Gasteiger partial charge in [-0.2, -0.15) is 0 Å². The molecule has 1 saturated carbocycles. The lowest BCUT2D eigenvalue weighted by atomic mass is 10.0. The first-order chi connectivity index (χ1) is 14.6. The molecule has 3 aromatic rings. The minimum absolute atomic E-state index is 0.343. The third-order valence-corrected chi connectivity index (χ3v) is 6.38. The molecule has 2 aromatic heterocycles. The second-order valence-electron chi connectivity index (χ2n) is 8.15. The number of hydrogen-bond donors (Lipinski definition) is 1. The van der Waals surface area contributed by atoms with Gasteiger partial charge in [-0.1, -0.05) is 11.6 Å². The number of halogens is 2. The fraction of sp³-hybridized carbons (Fsp3) is 0.364. The van der Waals surface area contributed by atoms with E-state index in [4.69, 9.17) is 11.6 Å². The van der Waals surface area contributed by atoms with Gasteiger partial charge in [0.05, 0.1) is 16.4 Å². The lowest BCUT2D eigenvalue weighted by Gasteiger charge is -2.19. The fourth-order valence-electron chi connectivity index (χ4n) is 4.74. The van der Waals surface area contributed by atoms with Crippen molar-refractivity contribution in [3.8, 4) is 11.3 Å². The Hall–Kier alpha value is -2.64. The van der Waals surface area contributed by atoms with Crippen LogP contribution in [0.15, 0.2) is 48.9 Å². The van der Waals surface area contributed by atoms with Crippen LogP contribution in [0.4, 0.5) is 10.2 Å². The second kappa shape index (κ2) is 8.24. The summed E-state index contributed by atoms with van der Waals surface area (Å²) in [5.74, 6) is 1.78. The van der Waals surface area contributed by atoms with Crippen LogP contribution >= 0.6 is 11.6 Å². The Balaban J connectivity index is 1.17. The molecule has 30 heavy (non-hydrogen) atoms. The van der Waals surface area contributed by atoms with E-state index in [1.807, 2.05) is 18.3 Å². The molecule has 0 amide bonds. The molecule has 0 radical (unpaired) electrons. The molecule has 1 N–H and O–H groups in total. The molecule has 1 aromatic carbocycles. The van der Waals surface area contributed by atoms with E-state index in [1.165, 1.54) is 18.2 Å². The lowest BCUT2D eigenvalue weighted by molar-refractivity contribution is 0.297. The van der Waals surface area contributed by atoms with Crippen molar-refractivity contribution in [3.63, 3.8) is 0 Å². The van der Waals surface area contributed by atoms with Crippen molar-refractivity contribution < 1.29 is 4.39 Å². The zero-order chi connectivity index (χ0) is 20.5. The first kappa shape index (κ1) is 19.3. The van der Waals surface area contributed by atoms with Crippen LogP contribution in [-0.4, -0.2) is 44.2 Å². The van der Waals surface area contributed by atoms with Gasteiger partial charge in [0, 0.05) is 49.8 Å². The molecule has 1 aliphatic carbocycles. The predicted molar refractivity (Wildman–Crippen MR) is 113 cm³/mol. The minimum Gasteiger partial charge on any atom is -0.366 e. The maximum Gasteiger partial charge on any atom is 0.148 e. The zero-order valence-corrected chi connectivity index (χ0v) is 17.1. The lowest BCUT2D eigenvalue weighted by Crippen LogP contribution is -2.25. The number of rotatable bonds is 5. The van der Waals surface area contributed by atoms with E-state index in [9.17, 15) is 4.39 Å². The highest BCUT2D eigenvalue weighted by Gasteiger charge is 2.40. The molecule has 6 nitrogen and oxygen atoms in total. The van der Waals surface area contributed by atoms with Gasteiger partial charge in [-0.15, -0.1) is 10.2 Å². The van der Waals surface area contributed by atoms with Gasteiger partial charge in [-0.05, 0) is 55.0 Å². The number of hydrogen-bond acceptors (Lipinski definition) is 6. The summed E-state index contributed by atoms with van der Waals surface area (Å²) in [4.78, 5) is 11.0. The topological polar surface area (TPSA) is 66.8 Å². The van der Waals surface area contributed by atoms with E-state index >= 15 is 0 Å². The van der Waals surface area contributed by atoms with Crippen LogP contribution < -0.4 is 5.32 Å². The van der Waals surface area contributed by atoms with Crippen molar-refractivity contribution in [2.45, 2.75) is 25.4 Å². The highest BCUT2D eigenvalue weighted by molar-refractivity contribution is 6.33. The Kier molecular flexibility index (Phi) is 5.31. The summed E-state index contributed by atoms with van der Waals surface area (Å²) >= 11 is 6.16. The Morgan fingerprint density at radius 3 is 2.60 bits per heavy atom. The third kappa shape index (κ3) is 4.13. The van der Waals surface area contributed by atoms with Gasteiger partial charge in [0.25, 0.3) is 0 Å². The van der Waals surface area contributed by atoms with Crippen LogP contribution in [0.2, 0.25) is 5.02 Å². The monoisotopic (exact) mass is 424 g/mol. The minimum atomic E-state index is -0.343. The number of anilines is 1. The van der Waals surface area contributed by atoms with Crippen molar-refractivity contribution in [1.29, 1.82) is 0 Å². The highest BCUT2D eigenvalue weighted by atomic mass is 35.5. The van der Waals surface area contributed by atoms with Gasteiger partial charge < -0.3 is 5.32 Å². The maximum atomic E-state index is 13.5. The maximum absolute atomic E-state index is 13.5. The first-order valence-corrected chi connectivity index (χ1v) is 10.5. The van der Waals surface area contributed by atoms with Crippen molar-refractivity contribution in [2.24, 2.45) is 11.8 Å². The van der Waals surface area contributed by atoms with Crippen molar-refractivity contribution >= 4 is 17.4 Å². The van der Waals surface area contributed by atoms with Crippen molar-refractivity contribution in [2.75, 3.05) is 18.4 Å². The van der Waals surface area contributed by atoms with E-state index in [-0.39, 0.29) is 5.82 Å². The van der Waals surface area contributed by atoms with Crippen LogP contribution in [0.5, 0.6) is 0 Å². The summed E-state index contributed by atoms with van der Waals surface area (Å²) in [6.45, 7) is 3.07. The molecule has 0 bridgehead atoms. The van der Waals surface area contributed by atoms with Gasteiger partial charge in [-0.25, -0.2) is 4.39 Å². The smallest absolute Gasteiger partial charge is 0.148 e. The SMILES string of the molecule is Fc1ccc(Cl)c(-c2ccc(N[C@H]3C[C@@H]4CN(Cc5cnccn5)C[C@@H]4C3)nn2)c1. The van der Waals surface area contributed by atoms with Gasteiger partial charge in [0.2, 0.25) is 0 Å². The van der Waals surface area contributed by atoms with Crippen LogP contribution in [0, 0.1) is 17.7 Å². The molecule has 0 unspecified atom stereocenters. The van der Waals surface area contributed by atoms with Gasteiger partial charge >= 0.3 is 0 Å². The van der Waals surface area contributed by atoms with E-state index < -0.39 is 0 Å². The molecular weight excluding hydrogens is 403 g/mol. The summed E-state index contributed by atoms with van der Waals surface area (Å²) in [6, 6.07) is 8.36. The summed E-state index contributed by atoms with van der Waals surface area (Å²) in [6.07, 6.45) is 7.56. The van der Waals surface area contributed by atoms with E-state index in [1.54, 1.807) is 12.4 Å². The molecular formula is C22H22ClFN6. The van der Waals surface area contributed by atoms with Crippen LogP contribution in [0.25, 0.3) is 11.3 Å². The number of nitrogens with one attached hydrogen (secondary N) is 1. The number of likely N-dealkylation sites (tertiary alicyclic amines) is 1. The Morgan fingerprint density at radius 2 is 1.90 bits per heavy atom. The number of fused-ring (bicyclic) bond motifs is 1. The molecule has 2 aliphatic rings. The van der Waals surface area contributed by atoms with E-state index in [2.05, 4.69) is 30.4 Å². The quantitative estimate of drug-likeness (QED) is 0.666. The van der Waals surface area contributed by atoms with Gasteiger partial charge in [0.1, 0.15) is 11.6 Å². The number of aromatic nitrogens is 4. The van der Waals surface area contributed by atoms with E-state index in [0.29, 0.717) is 34.2 Å². The zero-order valence-electron chi connectivity index (χ0n) is 16.4. The molecule has 3 heterocycles. The number of nitrogens with zero attached hydrogens (tertiary/aromatic N) is 5. The van der Waals surface area contributed by atoms with Crippen molar-refractivity contribution in [3.05, 3.63) is 65.5 Å². The average Bonchev–Trinajstić information content (AvgIpc) is 3.29. The van der Waals surface area contributed by atoms with Crippen molar-refractivity contribution in [1.82, 2.24) is 25.1 Å². The summed E-state index contributed by atoms with van der Waals surface area (Å²) in [5.41, 5.74) is 2.14. The van der Waals surface area contributed by atoms with Crippen LogP contribution in [-0.2, 0) is 6.54 Å². The largest absolute Gasteiger partial charge is 0.366 e. The fourth-order valence-corrected chi connectivity index (χ4v) is 4.95. The van der Waals surface area contributed by atoms with E-state index in [0.717, 1.165) is 44.0 Å². The molecule has 1 saturated heterocycles. The standard InChI is InChI=1S/C22H22ClFN6/c23-20-2-1-16(24)9-19(20)21-3-4-22(29-28-21)27-17-7-14-11-30(12-15(14)8-17)13-18-10-25-5-6-26-18/h1-6,9-10,14-15,17H,7-8,11-13H2,(H,27,29)/t14-,15+,17+. The summed E-state index contributed by atoms with van der Waals surface area (Å²) in [7, 11) is 0. The Morgan fingerprint density at radius 1 is 1.07 bits per heavy atom. The van der Waals surface area contributed by atoms with Crippen LogP contribution in [0.1, 0.15) is 18.5 Å². The molecule has 0 spiro atoms. The predicted octanol–water partition coefficient (Wildman–Crippen LogP) is 4.05. The Labute approximate surface area is 179 Å². The van der Waals surface area contributed by atoms with Gasteiger partial charge in [0.15, 0.2) is 0 Å². The first-order valence-electron chi connectivity index (χ1n) is 10.2. The normalized spacial score (nSPS) is 23.5. The molecule has 5 rings (SSSR count). The molecule has 154 valence electrons. The third-order valence-electron chi connectivity index (χ3n) is 6.05. The molecule has 2 fully saturated rings. The summed E-state index contributed by atoms with van der Waals surface area (Å²) < 4.78 is 13.5. The van der Waals surface area contributed by atoms with Crippen LogP contribution in [0.3, 0.4) is 0 Å².